The van der Waals surface area contributed by atoms with Gasteiger partial charge in [-0.3, -0.25) is 4.79 Å². The Bertz CT molecular complexity index is 1250. The standard InChI is InChI=1S/C22H20BrN7O/c1-15-5-7-18(8-6-15)30-21-19(26-27-30)20(24-14-25-21)28-9-11-29(12-10-28)22(31)16-3-2-4-17(23)13-16/h2-8,13-14H,9-12H2,1H3. The number of hydrogen-bond donors (Lipinski definition) is 0. The number of rotatable bonds is 3. The van der Waals surface area contributed by atoms with Crippen LogP contribution >= 0.6 is 15.9 Å². The van der Waals surface area contributed by atoms with Crippen molar-refractivity contribution in [2.45, 2.75) is 6.92 Å². The number of aromatic nitrogens is 5. The first kappa shape index (κ1) is 19.6. The Morgan fingerprint density at radius 1 is 1.00 bits per heavy atom. The first-order valence-electron chi connectivity index (χ1n) is 10.0. The third kappa shape index (κ3) is 3.76. The van der Waals surface area contributed by atoms with E-state index in [9.17, 15) is 4.79 Å². The Hall–Kier alpha value is -3.33. The maximum atomic E-state index is 12.8. The van der Waals surface area contributed by atoms with Gasteiger partial charge in [-0.25, -0.2) is 9.97 Å². The molecule has 3 heterocycles. The number of aryl methyl sites for hydroxylation is 1. The van der Waals surface area contributed by atoms with Gasteiger partial charge in [0.2, 0.25) is 0 Å². The van der Waals surface area contributed by atoms with E-state index in [0.29, 0.717) is 42.9 Å². The molecule has 0 atom stereocenters. The van der Waals surface area contributed by atoms with Crippen molar-refractivity contribution in [1.82, 2.24) is 29.9 Å². The summed E-state index contributed by atoms with van der Waals surface area (Å²) in [7, 11) is 0. The molecular formula is C22H20BrN7O. The summed E-state index contributed by atoms with van der Waals surface area (Å²) in [6.07, 6.45) is 1.55. The van der Waals surface area contributed by atoms with Gasteiger partial charge in [0.1, 0.15) is 6.33 Å². The third-order valence-electron chi connectivity index (χ3n) is 5.43. The molecule has 0 aliphatic carbocycles. The molecule has 0 N–H and O–H groups in total. The van der Waals surface area contributed by atoms with Gasteiger partial charge in [0.25, 0.3) is 5.91 Å². The van der Waals surface area contributed by atoms with Gasteiger partial charge in [0, 0.05) is 36.2 Å². The zero-order chi connectivity index (χ0) is 21.4. The van der Waals surface area contributed by atoms with Crippen molar-refractivity contribution in [2.24, 2.45) is 0 Å². The predicted molar refractivity (Wildman–Crippen MR) is 121 cm³/mol. The summed E-state index contributed by atoms with van der Waals surface area (Å²) < 4.78 is 2.63. The molecule has 9 heteroatoms. The SMILES string of the molecule is Cc1ccc(-n2nnc3c(N4CCN(C(=O)c5cccc(Br)c5)CC4)ncnc32)cc1. The number of carbonyl (C=O) groups excluding carboxylic acids is 1. The maximum Gasteiger partial charge on any atom is 0.254 e. The highest BCUT2D eigenvalue weighted by atomic mass is 79.9. The van der Waals surface area contributed by atoms with Gasteiger partial charge in [-0.15, -0.1) is 5.10 Å². The van der Waals surface area contributed by atoms with Crippen LogP contribution in [-0.4, -0.2) is 61.9 Å². The minimum Gasteiger partial charge on any atom is -0.351 e. The molecule has 0 radical (unpaired) electrons. The minimum absolute atomic E-state index is 0.0408. The van der Waals surface area contributed by atoms with Crippen LogP contribution in [0.5, 0.6) is 0 Å². The lowest BCUT2D eigenvalue weighted by Gasteiger charge is -2.35. The summed E-state index contributed by atoms with van der Waals surface area (Å²) in [6.45, 7) is 4.61. The van der Waals surface area contributed by atoms with E-state index in [1.165, 1.54) is 5.56 Å². The zero-order valence-electron chi connectivity index (χ0n) is 16.9. The van der Waals surface area contributed by atoms with Crippen LogP contribution in [-0.2, 0) is 0 Å². The summed E-state index contributed by atoms with van der Waals surface area (Å²) in [5, 5.41) is 8.67. The number of halogens is 1. The monoisotopic (exact) mass is 477 g/mol. The molecule has 1 saturated heterocycles. The van der Waals surface area contributed by atoms with E-state index < -0.39 is 0 Å². The quantitative estimate of drug-likeness (QED) is 0.450. The number of benzene rings is 2. The molecule has 1 fully saturated rings. The molecular weight excluding hydrogens is 458 g/mol. The van der Waals surface area contributed by atoms with E-state index in [-0.39, 0.29) is 5.91 Å². The van der Waals surface area contributed by atoms with E-state index in [1.807, 2.05) is 60.4 Å². The molecule has 0 saturated carbocycles. The summed E-state index contributed by atoms with van der Waals surface area (Å²) in [5.41, 5.74) is 4.10. The fourth-order valence-corrected chi connectivity index (χ4v) is 4.15. The van der Waals surface area contributed by atoms with Crippen LogP contribution < -0.4 is 4.90 Å². The second kappa shape index (κ2) is 8.07. The fourth-order valence-electron chi connectivity index (χ4n) is 3.75. The van der Waals surface area contributed by atoms with E-state index >= 15 is 0 Å². The molecule has 0 unspecified atom stereocenters. The van der Waals surface area contributed by atoms with Gasteiger partial charge in [-0.2, -0.15) is 4.68 Å². The largest absolute Gasteiger partial charge is 0.351 e. The fraction of sp³-hybridized carbons (Fsp3) is 0.227. The van der Waals surface area contributed by atoms with Gasteiger partial charge < -0.3 is 9.80 Å². The van der Waals surface area contributed by atoms with Gasteiger partial charge in [-0.1, -0.05) is 44.9 Å². The van der Waals surface area contributed by atoms with Crippen molar-refractivity contribution in [3.63, 3.8) is 0 Å². The predicted octanol–water partition coefficient (Wildman–Crippen LogP) is 3.24. The third-order valence-corrected chi connectivity index (χ3v) is 5.93. The van der Waals surface area contributed by atoms with Crippen LogP contribution in [0.1, 0.15) is 15.9 Å². The highest BCUT2D eigenvalue weighted by Crippen LogP contribution is 2.24. The van der Waals surface area contributed by atoms with Crippen molar-refractivity contribution >= 4 is 38.8 Å². The van der Waals surface area contributed by atoms with E-state index in [2.05, 4.69) is 41.1 Å². The number of hydrogen-bond acceptors (Lipinski definition) is 6. The topological polar surface area (TPSA) is 80.0 Å². The lowest BCUT2D eigenvalue weighted by atomic mass is 10.2. The number of nitrogens with zero attached hydrogens (tertiary/aromatic N) is 7. The lowest BCUT2D eigenvalue weighted by Crippen LogP contribution is -2.49. The van der Waals surface area contributed by atoms with Crippen LogP contribution in [0.25, 0.3) is 16.9 Å². The van der Waals surface area contributed by atoms with Crippen molar-refractivity contribution in [2.75, 3.05) is 31.1 Å². The Balaban J connectivity index is 1.36. The number of amides is 1. The lowest BCUT2D eigenvalue weighted by molar-refractivity contribution is 0.0746. The van der Waals surface area contributed by atoms with Crippen molar-refractivity contribution < 1.29 is 4.79 Å². The van der Waals surface area contributed by atoms with E-state index in [1.54, 1.807) is 11.0 Å². The molecule has 31 heavy (non-hydrogen) atoms. The number of carbonyl (C=O) groups is 1. The van der Waals surface area contributed by atoms with Crippen LogP contribution in [0.3, 0.4) is 0 Å². The number of fused-ring (bicyclic) bond motifs is 1. The Morgan fingerprint density at radius 3 is 2.52 bits per heavy atom. The summed E-state index contributed by atoms with van der Waals surface area (Å²) in [5.74, 6) is 0.789. The number of anilines is 1. The first-order chi connectivity index (χ1) is 15.1. The average Bonchev–Trinajstić information content (AvgIpc) is 3.23. The second-order valence-electron chi connectivity index (χ2n) is 7.50. The van der Waals surface area contributed by atoms with Gasteiger partial charge in [-0.05, 0) is 37.3 Å². The molecule has 156 valence electrons. The molecule has 4 aromatic rings. The van der Waals surface area contributed by atoms with Crippen molar-refractivity contribution in [3.8, 4) is 5.69 Å². The smallest absolute Gasteiger partial charge is 0.254 e. The van der Waals surface area contributed by atoms with Gasteiger partial charge >= 0.3 is 0 Å². The van der Waals surface area contributed by atoms with Gasteiger partial charge in [0.15, 0.2) is 17.0 Å². The summed E-state index contributed by atoms with van der Waals surface area (Å²) in [4.78, 5) is 25.7. The Kier molecular flexibility index (Phi) is 5.11. The highest BCUT2D eigenvalue weighted by molar-refractivity contribution is 9.10. The second-order valence-corrected chi connectivity index (χ2v) is 8.41. The average molecular weight is 478 g/mol. The van der Waals surface area contributed by atoms with Crippen molar-refractivity contribution in [3.05, 3.63) is 70.5 Å². The number of piperazine rings is 1. The van der Waals surface area contributed by atoms with E-state index in [0.717, 1.165) is 16.0 Å². The summed E-state index contributed by atoms with van der Waals surface area (Å²) in [6, 6.07) is 15.6. The van der Waals surface area contributed by atoms with Gasteiger partial charge in [0.05, 0.1) is 5.69 Å². The molecule has 1 aliphatic rings. The molecule has 0 spiro atoms. The molecule has 1 amide bonds. The molecule has 8 nitrogen and oxygen atoms in total. The molecule has 2 aromatic heterocycles. The Labute approximate surface area is 187 Å². The normalized spacial score (nSPS) is 14.3. The maximum absolute atomic E-state index is 12.8. The molecule has 0 bridgehead atoms. The Morgan fingerprint density at radius 2 is 1.77 bits per heavy atom. The zero-order valence-corrected chi connectivity index (χ0v) is 18.5. The molecule has 1 aliphatic heterocycles. The van der Waals surface area contributed by atoms with E-state index in [4.69, 9.17) is 0 Å². The van der Waals surface area contributed by atoms with Crippen LogP contribution in [0.2, 0.25) is 0 Å². The van der Waals surface area contributed by atoms with Crippen LogP contribution in [0.4, 0.5) is 5.82 Å². The minimum atomic E-state index is 0.0408. The first-order valence-corrected chi connectivity index (χ1v) is 10.8. The summed E-state index contributed by atoms with van der Waals surface area (Å²) >= 11 is 3.43. The molecule has 5 rings (SSSR count). The van der Waals surface area contributed by atoms with Crippen LogP contribution in [0, 0.1) is 6.92 Å². The van der Waals surface area contributed by atoms with Crippen molar-refractivity contribution in [1.29, 1.82) is 0 Å². The van der Waals surface area contributed by atoms with Crippen LogP contribution in [0.15, 0.2) is 59.3 Å². The molecule has 2 aromatic carbocycles. The highest BCUT2D eigenvalue weighted by Gasteiger charge is 2.25.